The van der Waals surface area contributed by atoms with Crippen LogP contribution in [0.5, 0.6) is 0 Å². The first kappa shape index (κ1) is 16.9. The molecule has 3 aliphatic heterocycles. The van der Waals surface area contributed by atoms with Gasteiger partial charge in [0, 0.05) is 43.5 Å². The average molecular weight is 344 g/mol. The molecular weight excluding hydrogens is 316 g/mol. The summed E-state index contributed by atoms with van der Waals surface area (Å²) in [6.07, 6.45) is 3.70. The first-order valence-electron chi connectivity index (χ1n) is 9.38. The van der Waals surface area contributed by atoms with Gasteiger partial charge in [-0.05, 0) is 51.2 Å². The van der Waals surface area contributed by atoms with Crippen molar-refractivity contribution >= 4 is 11.7 Å². The topological polar surface area (TPSA) is 50.8 Å². The molecule has 0 aromatic heterocycles. The first-order chi connectivity index (χ1) is 12.0. The molecule has 1 atom stereocenters. The molecule has 1 aromatic rings. The van der Waals surface area contributed by atoms with E-state index in [0.717, 1.165) is 51.1 Å². The molecule has 2 fully saturated rings. The number of nitrogens with one attached hydrogen (secondary N) is 1. The van der Waals surface area contributed by atoms with Crippen LogP contribution in [0.3, 0.4) is 0 Å². The SMILES string of the molecule is CC1(C)C[C@H](NC(=O)N2CC3(CCOCC3)c3ccccc32)CCO1. The highest BCUT2D eigenvalue weighted by Crippen LogP contribution is 2.46. The molecule has 5 nitrogen and oxygen atoms in total. The third-order valence-electron chi connectivity index (χ3n) is 5.95. The molecule has 2 saturated heterocycles. The summed E-state index contributed by atoms with van der Waals surface area (Å²) >= 11 is 0. The summed E-state index contributed by atoms with van der Waals surface area (Å²) in [7, 11) is 0. The van der Waals surface area contributed by atoms with Crippen LogP contribution in [0.1, 0.15) is 45.1 Å². The lowest BCUT2D eigenvalue weighted by molar-refractivity contribution is -0.0610. The van der Waals surface area contributed by atoms with Crippen LogP contribution >= 0.6 is 0 Å². The van der Waals surface area contributed by atoms with Crippen LogP contribution in [0.15, 0.2) is 24.3 Å². The van der Waals surface area contributed by atoms with Crippen LogP contribution in [0, 0.1) is 0 Å². The molecule has 2 amide bonds. The Hall–Kier alpha value is -1.59. The largest absolute Gasteiger partial charge is 0.381 e. The number of anilines is 1. The van der Waals surface area contributed by atoms with Gasteiger partial charge in [0.15, 0.2) is 0 Å². The predicted molar refractivity (Wildman–Crippen MR) is 97.1 cm³/mol. The number of benzene rings is 1. The molecule has 3 aliphatic rings. The fraction of sp³-hybridized carbons (Fsp3) is 0.650. The summed E-state index contributed by atoms with van der Waals surface area (Å²) in [6, 6.07) is 8.57. The standard InChI is InChI=1S/C20H28N2O3/c1-19(2)13-15(7-10-25-19)21-18(23)22-14-20(8-11-24-12-9-20)16-5-3-4-6-17(16)22/h3-6,15H,7-14H2,1-2H3,(H,21,23)/t15-/m1/s1. The molecule has 0 saturated carbocycles. The van der Waals surface area contributed by atoms with Crippen molar-refractivity contribution in [1.29, 1.82) is 0 Å². The van der Waals surface area contributed by atoms with Gasteiger partial charge >= 0.3 is 6.03 Å². The van der Waals surface area contributed by atoms with E-state index in [-0.39, 0.29) is 23.1 Å². The number of hydrogen-bond acceptors (Lipinski definition) is 3. The molecular formula is C20H28N2O3. The molecule has 0 aliphatic carbocycles. The van der Waals surface area contributed by atoms with Gasteiger partial charge in [-0.25, -0.2) is 4.79 Å². The summed E-state index contributed by atoms with van der Waals surface area (Å²) in [5.41, 5.74) is 2.26. The van der Waals surface area contributed by atoms with Crippen molar-refractivity contribution in [3.63, 3.8) is 0 Å². The Morgan fingerprint density at radius 2 is 1.96 bits per heavy atom. The van der Waals surface area contributed by atoms with Crippen LogP contribution < -0.4 is 10.2 Å². The second-order valence-electron chi connectivity index (χ2n) is 8.24. The highest BCUT2D eigenvalue weighted by molar-refractivity contribution is 5.95. The van der Waals surface area contributed by atoms with Gasteiger partial charge in [-0.1, -0.05) is 18.2 Å². The van der Waals surface area contributed by atoms with Gasteiger partial charge in [-0.2, -0.15) is 0 Å². The molecule has 4 rings (SSSR count). The molecule has 3 heterocycles. The normalized spacial score (nSPS) is 27.1. The van der Waals surface area contributed by atoms with E-state index in [1.807, 2.05) is 11.0 Å². The van der Waals surface area contributed by atoms with Crippen molar-refractivity contribution < 1.29 is 14.3 Å². The minimum absolute atomic E-state index is 0.0264. The van der Waals surface area contributed by atoms with Gasteiger partial charge in [0.25, 0.3) is 0 Å². The van der Waals surface area contributed by atoms with Crippen LogP contribution in [0.4, 0.5) is 10.5 Å². The Morgan fingerprint density at radius 1 is 1.20 bits per heavy atom. The van der Waals surface area contributed by atoms with Crippen molar-refractivity contribution in [3.8, 4) is 0 Å². The Bertz CT molecular complexity index is 652. The van der Waals surface area contributed by atoms with Gasteiger partial charge in [0.05, 0.1) is 5.60 Å². The molecule has 0 bridgehead atoms. The van der Waals surface area contributed by atoms with E-state index in [1.54, 1.807) is 0 Å². The van der Waals surface area contributed by atoms with Crippen LogP contribution in [0.25, 0.3) is 0 Å². The number of carbonyl (C=O) groups is 1. The molecule has 1 spiro atoms. The highest BCUT2D eigenvalue weighted by Gasteiger charge is 2.45. The fourth-order valence-electron chi connectivity index (χ4n) is 4.61. The van der Waals surface area contributed by atoms with E-state index in [1.165, 1.54) is 5.56 Å². The number of rotatable bonds is 1. The monoisotopic (exact) mass is 344 g/mol. The molecule has 25 heavy (non-hydrogen) atoms. The van der Waals surface area contributed by atoms with Crippen molar-refractivity contribution in [2.24, 2.45) is 0 Å². The number of nitrogens with zero attached hydrogens (tertiary/aromatic N) is 1. The van der Waals surface area contributed by atoms with Crippen molar-refractivity contribution in [1.82, 2.24) is 5.32 Å². The number of ether oxygens (including phenoxy) is 2. The Balaban J connectivity index is 1.53. The lowest BCUT2D eigenvalue weighted by Gasteiger charge is -2.37. The smallest absolute Gasteiger partial charge is 0.322 e. The third-order valence-corrected chi connectivity index (χ3v) is 5.95. The number of fused-ring (bicyclic) bond motifs is 2. The van der Waals surface area contributed by atoms with E-state index in [0.29, 0.717) is 6.61 Å². The number of urea groups is 1. The summed E-state index contributed by atoms with van der Waals surface area (Å²) in [5, 5.41) is 3.26. The zero-order valence-electron chi connectivity index (χ0n) is 15.2. The maximum atomic E-state index is 13.1. The summed E-state index contributed by atoms with van der Waals surface area (Å²) in [4.78, 5) is 15.0. The van der Waals surface area contributed by atoms with Crippen molar-refractivity contribution in [3.05, 3.63) is 29.8 Å². The van der Waals surface area contributed by atoms with E-state index in [9.17, 15) is 4.79 Å². The summed E-state index contributed by atoms with van der Waals surface area (Å²) in [6.45, 7) is 7.20. The minimum atomic E-state index is -0.166. The second kappa shape index (κ2) is 6.29. The Morgan fingerprint density at radius 3 is 2.72 bits per heavy atom. The molecule has 1 aromatic carbocycles. The quantitative estimate of drug-likeness (QED) is 0.851. The molecule has 136 valence electrons. The average Bonchev–Trinajstić information content (AvgIpc) is 2.90. The molecule has 0 radical (unpaired) electrons. The van der Waals surface area contributed by atoms with Gasteiger partial charge < -0.3 is 14.8 Å². The summed E-state index contributed by atoms with van der Waals surface area (Å²) in [5.74, 6) is 0. The van der Waals surface area contributed by atoms with Gasteiger partial charge in [-0.3, -0.25) is 4.90 Å². The van der Waals surface area contributed by atoms with Gasteiger partial charge in [-0.15, -0.1) is 0 Å². The summed E-state index contributed by atoms with van der Waals surface area (Å²) < 4.78 is 11.3. The van der Waals surface area contributed by atoms with Gasteiger partial charge in [0.1, 0.15) is 0 Å². The molecule has 1 N–H and O–H groups in total. The number of para-hydroxylation sites is 1. The minimum Gasteiger partial charge on any atom is -0.381 e. The highest BCUT2D eigenvalue weighted by atomic mass is 16.5. The van der Waals surface area contributed by atoms with Gasteiger partial charge in [0.2, 0.25) is 0 Å². The third kappa shape index (κ3) is 3.15. The number of amides is 2. The second-order valence-corrected chi connectivity index (χ2v) is 8.24. The number of carbonyl (C=O) groups excluding carboxylic acids is 1. The lowest BCUT2D eigenvalue weighted by Crippen LogP contribution is -2.51. The van der Waals surface area contributed by atoms with Crippen LogP contribution in [-0.2, 0) is 14.9 Å². The van der Waals surface area contributed by atoms with E-state index < -0.39 is 0 Å². The maximum absolute atomic E-state index is 13.1. The van der Waals surface area contributed by atoms with Crippen LogP contribution in [-0.4, -0.2) is 44.0 Å². The van der Waals surface area contributed by atoms with Crippen molar-refractivity contribution in [2.75, 3.05) is 31.3 Å². The van der Waals surface area contributed by atoms with E-state index in [4.69, 9.17) is 9.47 Å². The zero-order chi connectivity index (χ0) is 17.5. The Kier molecular flexibility index (Phi) is 4.24. The van der Waals surface area contributed by atoms with Crippen LogP contribution in [0.2, 0.25) is 0 Å². The lowest BCUT2D eigenvalue weighted by atomic mass is 9.76. The first-order valence-corrected chi connectivity index (χ1v) is 9.38. The Labute approximate surface area is 149 Å². The molecule has 5 heteroatoms. The fourth-order valence-corrected chi connectivity index (χ4v) is 4.61. The van der Waals surface area contributed by atoms with E-state index >= 15 is 0 Å². The maximum Gasteiger partial charge on any atom is 0.322 e. The van der Waals surface area contributed by atoms with Crippen molar-refractivity contribution in [2.45, 2.75) is 56.6 Å². The molecule has 0 unspecified atom stereocenters. The predicted octanol–water partition coefficient (Wildman–Crippen LogP) is 3.22. The zero-order valence-corrected chi connectivity index (χ0v) is 15.2. The number of hydrogen-bond donors (Lipinski definition) is 1. The van der Waals surface area contributed by atoms with E-state index in [2.05, 4.69) is 37.4 Å².